The van der Waals surface area contributed by atoms with E-state index in [9.17, 15) is 10.1 Å². The molecule has 0 saturated carbocycles. The van der Waals surface area contributed by atoms with Crippen LogP contribution in [0.15, 0.2) is 10.9 Å². The minimum absolute atomic E-state index is 0.207. The number of rotatable bonds is 2. The molecule has 0 radical (unpaired) electrons. The summed E-state index contributed by atoms with van der Waals surface area (Å²) >= 11 is 1.44. The number of nitriles is 1. The quantitative estimate of drug-likeness (QED) is 0.905. The van der Waals surface area contributed by atoms with E-state index < -0.39 is 0 Å². The Hall–Kier alpha value is -2.66. The number of anilines is 1. The number of pyridine rings is 1. The normalized spacial score (nSPS) is 13.3. The van der Waals surface area contributed by atoms with Gasteiger partial charge in [-0.25, -0.2) is 14.8 Å². The summed E-state index contributed by atoms with van der Waals surface area (Å²) in [6, 6.07) is 2.11. The third kappa shape index (κ3) is 2.71. The number of hydrogen-bond donors (Lipinski definition) is 1. The molecule has 7 nitrogen and oxygen atoms in total. The Morgan fingerprint density at radius 3 is 3.09 bits per heavy atom. The van der Waals surface area contributed by atoms with Crippen molar-refractivity contribution >= 4 is 23.2 Å². The molecule has 1 aliphatic heterocycles. The second-order valence-electron chi connectivity index (χ2n) is 5.03. The zero-order chi connectivity index (χ0) is 16.4. The van der Waals surface area contributed by atoms with Crippen LogP contribution < -0.4 is 5.73 Å². The molecule has 0 saturated heterocycles. The minimum Gasteiger partial charge on any atom is -0.450 e. The zero-order valence-electron chi connectivity index (χ0n) is 12.6. The molecule has 0 aliphatic carbocycles. The highest BCUT2D eigenvalue weighted by Gasteiger charge is 2.28. The number of carbonyl (C=O) groups is 1. The maximum absolute atomic E-state index is 12.0. The Morgan fingerprint density at radius 2 is 2.43 bits per heavy atom. The first-order chi connectivity index (χ1) is 11.2. The molecule has 0 fully saturated rings. The molecule has 0 bridgehead atoms. The van der Waals surface area contributed by atoms with Crippen LogP contribution in [0.1, 0.15) is 23.7 Å². The lowest BCUT2D eigenvalue weighted by molar-refractivity contribution is 0.102. The highest BCUT2D eigenvalue weighted by molar-refractivity contribution is 7.07. The third-order valence-electron chi connectivity index (χ3n) is 3.71. The monoisotopic (exact) mass is 329 g/mol. The van der Waals surface area contributed by atoms with Crippen LogP contribution >= 0.6 is 11.3 Å². The summed E-state index contributed by atoms with van der Waals surface area (Å²) in [7, 11) is 0. The van der Waals surface area contributed by atoms with E-state index in [-0.39, 0.29) is 11.9 Å². The predicted octanol–water partition coefficient (Wildman–Crippen LogP) is 2.17. The Morgan fingerprint density at radius 1 is 1.61 bits per heavy atom. The molecule has 2 aromatic rings. The summed E-state index contributed by atoms with van der Waals surface area (Å²) < 4.78 is 5.07. The molecule has 2 aromatic heterocycles. The fourth-order valence-corrected chi connectivity index (χ4v) is 3.23. The molecular formula is C15H15N5O2S. The van der Waals surface area contributed by atoms with Gasteiger partial charge in [0.1, 0.15) is 17.5 Å². The topological polar surface area (TPSA) is 105 Å². The van der Waals surface area contributed by atoms with E-state index >= 15 is 0 Å². The van der Waals surface area contributed by atoms with Gasteiger partial charge in [-0.2, -0.15) is 5.26 Å². The van der Waals surface area contributed by atoms with Gasteiger partial charge in [-0.1, -0.05) is 0 Å². The van der Waals surface area contributed by atoms with Gasteiger partial charge in [0.25, 0.3) is 0 Å². The number of thiazole rings is 1. The van der Waals surface area contributed by atoms with E-state index in [1.54, 1.807) is 17.3 Å². The Bertz CT molecular complexity index is 782. The summed E-state index contributed by atoms with van der Waals surface area (Å²) in [4.78, 5) is 22.3. The number of ether oxygens (including phenoxy) is 1. The third-order valence-corrected chi connectivity index (χ3v) is 4.29. The van der Waals surface area contributed by atoms with Crippen molar-refractivity contribution in [1.82, 2.24) is 14.9 Å². The van der Waals surface area contributed by atoms with Crippen molar-refractivity contribution in [2.24, 2.45) is 0 Å². The van der Waals surface area contributed by atoms with Crippen LogP contribution in [0.2, 0.25) is 0 Å². The Balaban J connectivity index is 2.11. The fourth-order valence-electron chi connectivity index (χ4n) is 2.68. The van der Waals surface area contributed by atoms with Gasteiger partial charge in [-0.15, -0.1) is 11.3 Å². The molecule has 0 unspecified atom stereocenters. The van der Waals surface area contributed by atoms with E-state index in [1.807, 2.05) is 5.38 Å². The van der Waals surface area contributed by atoms with Crippen molar-refractivity contribution in [3.8, 4) is 17.3 Å². The van der Waals surface area contributed by atoms with Crippen LogP contribution in [-0.4, -0.2) is 34.1 Å². The van der Waals surface area contributed by atoms with E-state index in [0.29, 0.717) is 42.9 Å². The molecule has 2 N–H and O–H groups in total. The van der Waals surface area contributed by atoms with E-state index in [0.717, 1.165) is 11.3 Å². The van der Waals surface area contributed by atoms with Gasteiger partial charge >= 0.3 is 6.09 Å². The van der Waals surface area contributed by atoms with Crippen LogP contribution in [0, 0.1) is 11.3 Å². The predicted molar refractivity (Wildman–Crippen MR) is 85.6 cm³/mol. The lowest BCUT2D eigenvalue weighted by atomic mass is 9.94. The first-order valence-electron chi connectivity index (χ1n) is 7.17. The molecule has 0 spiro atoms. The second kappa shape index (κ2) is 6.22. The van der Waals surface area contributed by atoms with E-state index in [2.05, 4.69) is 16.0 Å². The summed E-state index contributed by atoms with van der Waals surface area (Å²) in [5, 5.41) is 11.3. The Labute approximate surface area is 137 Å². The van der Waals surface area contributed by atoms with E-state index in [1.165, 1.54) is 11.3 Å². The fraction of sp³-hybridized carbons (Fsp3) is 0.333. The molecular weight excluding hydrogens is 314 g/mol. The number of fused-ring (bicyclic) bond motifs is 1. The molecule has 0 aromatic carbocycles. The van der Waals surface area contributed by atoms with Gasteiger partial charge in [0, 0.05) is 29.5 Å². The van der Waals surface area contributed by atoms with Gasteiger partial charge in [-0.3, -0.25) is 0 Å². The summed E-state index contributed by atoms with van der Waals surface area (Å²) in [5.74, 6) is 0.207. The Kier molecular flexibility index (Phi) is 4.12. The number of nitrogens with zero attached hydrogens (tertiary/aromatic N) is 4. The highest BCUT2D eigenvalue weighted by atomic mass is 32.1. The van der Waals surface area contributed by atoms with Gasteiger partial charge in [0.2, 0.25) is 0 Å². The van der Waals surface area contributed by atoms with Crippen molar-refractivity contribution in [2.75, 3.05) is 18.9 Å². The van der Waals surface area contributed by atoms with Gasteiger partial charge in [0.15, 0.2) is 0 Å². The van der Waals surface area contributed by atoms with Crippen molar-refractivity contribution in [3.63, 3.8) is 0 Å². The molecule has 118 valence electrons. The molecule has 23 heavy (non-hydrogen) atoms. The van der Waals surface area contributed by atoms with Crippen molar-refractivity contribution in [1.29, 1.82) is 5.26 Å². The van der Waals surface area contributed by atoms with Crippen LogP contribution in [0.5, 0.6) is 0 Å². The van der Waals surface area contributed by atoms with Crippen molar-refractivity contribution in [3.05, 3.63) is 27.7 Å². The number of aromatic nitrogens is 2. The standard InChI is InChI=1S/C15H15N5O2S/c1-2-22-15(21)20-4-3-11-10(6-20)13(12-7-23-8-18-12)9(5-16)14(17)19-11/h7-8H,2-4,6H2,1H3,(H2,17,19). The van der Waals surface area contributed by atoms with Gasteiger partial charge < -0.3 is 15.4 Å². The number of hydrogen-bond acceptors (Lipinski definition) is 7. The maximum atomic E-state index is 12.0. The SMILES string of the molecule is CCOC(=O)N1CCc2nc(N)c(C#N)c(-c3cscn3)c2C1. The summed E-state index contributed by atoms with van der Waals surface area (Å²) in [6.07, 6.45) is 0.207. The first-order valence-corrected chi connectivity index (χ1v) is 8.11. The second-order valence-corrected chi connectivity index (χ2v) is 5.75. The van der Waals surface area contributed by atoms with Crippen molar-refractivity contribution < 1.29 is 9.53 Å². The smallest absolute Gasteiger partial charge is 0.410 e. The number of nitrogens with two attached hydrogens (primary N) is 1. The highest BCUT2D eigenvalue weighted by Crippen LogP contribution is 2.34. The first kappa shape index (κ1) is 15.2. The lowest BCUT2D eigenvalue weighted by Crippen LogP contribution is -2.37. The number of amides is 1. The van der Waals surface area contributed by atoms with Crippen molar-refractivity contribution in [2.45, 2.75) is 19.9 Å². The van der Waals surface area contributed by atoms with Crippen LogP contribution in [-0.2, 0) is 17.7 Å². The summed E-state index contributed by atoms with van der Waals surface area (Å²) in [6.45, 7) is 2.95. The number of nitrogen functional groups attached to an aromatic ring is 1. The largest absolute Gasteiger partial charge is 0.450 e. The molecule has 1 aliphatic rings. The van der Waals surface area contributed by atoms with Crippen LogP contribution in [0.25, 0.3) is 11.3 Å². The molecule has 8 heteroatoms. The average Bonchev–Trinajstić information content (AvgIpc) is 3.07. The van der Waals surface area contributed by atoms with Crippen LogP contribution in [0.4, 0.5) is 10.6 Å². The molecule has 3 heterocycles. The summed E-state index contributed by atoms with van der Waals surface area (Å²) in [5.41, 5.74) is 10.9. The lowest BCUT2D eigenvalue weighted by Gasteiger charge is -2.29. The maximum Gasteiger partial charge on any atom is 0.410 e. The molecule has 3 rings (SSSR count). The average molecular weight is 329 g/mol. The number of carbonyl (C=O) groups excluding carboxylic acids is 1. The van der Waals surface area contributed by atoms with E-state index in [4.69, 9.17) is 10.5 Å². The molecule has 1 amide bonds. The zero-order valence-corrected chi connectivity index (χ0v) is 13.4. The van der Waals surface area contributed by atoms with Crippen LogP contribution in [0.3, 0.4) is 0 Å². The van der Waals surface area contributed by atoms with Gasteiger partial charge in [-0.05, 0) is 6.92 Å². The minimum atomic E-state index is -0.363. The van der Waals surface area contributed by atoms with Gasteiger partial charge in [0.05, 0.1) is 30.1 Å². The molecule has 0 atom stereocenters.